The minimum absolute atomic E-state index is 1.07. The third-order valence-corrected chi connectivity index (χ3v) is 2.15. The van der Waals surface area contributed by atoms with Gasteiger partial charge >= 0.3 is 0 Å². The lowest BCUT2D eigenvalue weighted by molar-refractivity contribution is 1.03. The van der Waals surface area contributed by atoms with Crippen LogP contribution in [0.15, 0.2) is 23.2 Å². The standard InChI is InChI=1S/C10H12N2/c1-11-9-6-2-4-8-5-3-7-12-10(8)9/h2,4,6-7,11H,3,5H2,1H3. The van der Waals surface area contributed by atoms with Crippen molar-refractivity contribution in [1.29, 1.82) is 0 Å². The van der Waals surface area contributed by atoms with Crippen LogP contribution in [-0.4, -0.2) is 13.3 Å². The molecule has 0 atom stereocenters. The molecule has 0 spiro atoms. The molecule has 1 aromatic rings. The highest BCUT2D eigenvalue weighted by molar-refractivity contribution is 5.77. The van der Waals surface area contributed by atoms with Crippen LogP contribution in [0, 0.1) is 0 Å². The predicted octanol–water partition coefficient (Wildman–Crippen LogP) is 2.38. The second kappa shape index (κ2) is 2.97. The normalized spacial score (nSPS) is 14.1. The third-order valence-electron chi connectivity index (χ3n) is 2.15. The van der Waals surface area contributed by atoms with E-state index in [1.54, 1.807) is 0 Å². The molecule has 1 aromatic carbocycles. The SMILES string of the molecule is CNc1cccc2c1N=CCC2. The van der Waals surface area contributed by atoms with Crippen molar-refractivity contribution >= 4 is 17.6 Å². The Morgan fingerprint density at radius 3 is 3.17 bits per heavy atom. The lowest BCUT2D eigenvalue weighted by Gasteiger charge is -2.12. The number of nitrogens with one attached hydrogen (secondary N) is 1. The first kappa shape index (κ1) is 7.35. The monoisotopic (exact) mass is 160 g/mol. The third kappa shape index (κ3) is 1.09. The molecule has 0 fully saturated rings. The van der Waals surface area contributed by atoms with Crippen LogP contribution in [0.4, 0.5) is 11.4 Å². The summed E-state index contributed by atoms with van der Waals surface area (Å²) in [5.41, 5.74) is 3.60. The van der Waals surface area contributed by atoms with Gasteiger partial charge in [0.25, 0.3) is 0 Å². The van der Waals surface area contributed by atoms with Crippen LogP contribution in [0.1, 0.15) is 12.0 Å². The Morgan fingerprint density at radius 2 is 2.33 bits per heavy atom. The molecule has 2 heteroatoms. The van der Waals surface area contributed by atoms with Gasteiger partial charge in [-0.05, 0) is 24.5 Å². The highest BCUT2D eigenvalue weighted by atomic mass is 14.9. The average molecular weight is 160 g/mol. The molecule has 1 aliphatic heterocycles. The average Bonchev–Trinajstić information content (AvgIpc) is 2.17. The smallest absolute Gasteiger partial charge is 0.0888 e. The van der Waals surface area contributed by atoms with Gasteiger partial charge in [-0.2, -0.15) is 0 Å². The van der Waals surface area contributed by atoms with Crippen LogP contribution in [0.2, 0.25) is 0 Å². The summed E-state index contributed by atoms with van der Waals surface area (Å²) in [6.45, 7) is 0. The van der Waals surface area contributed by atoms with Crippen molar-refractivity contribution in [3.05, 3.63) is 23.8 Å². The minimum Gasteiger partial charge on any atom is -0.386 e. The zero-order chi connectivity index (χ0) is 8.39. The highest BCUT2D eigenvalue weighted by Crippen LogP contribution is 2.31. The van der Waals surface area contributed by atoms with Crippen LogP contribution in [0.5, 0.6) is 0 Å². The summed E-state index contributed by atoms with van der Waals surface area (Å²) in [7, 11) is 1.93. The first-order chi connectivity index (χ1) is 5.92. The second-order valence-electron chi connectivity index (χ2n) is 2.91. The fourth-order valence-corrected chi connectivity index (χ4v) is 1.52. The summed E-state index contributed by atoms with van der Waals surface area (Å²) >= 11 is 0. The van der Waals surface area contributed by atoms with Crippen LogP contribution in [0.3, 0.4) is 0 Å². The van der Waals surface area contributed by atoms with Gasteiger partial charge in [0.15, 0.2) is 0 Å². The van der Waals surface area contributed by atoms with Gasteiger partial charge in [0.1, 0.15) is 0 Å². The van der Waals surface area contributed by atoms with Crippen molar-refractivity contribution in [2.75, 3.05) is 12.4 Å². The largest absolute Gasteiger partial charge is 0.386 e. The molecule has 0 radical (unpaired) electrons. The van der Waals surface area contributed by atoms with Gasteiger partial charge in [-0.25, -0.2) is 0 Å². The summed E-state index contributed by atoms with van der Waals surface area (Å²) in [6, 6.07) is 6.28. The molecule has 2 nitrogen and oxygen atoms in total. The number of para-hydroxylation sites is 1. The molecule has 1 heterocycles. The number of hydrogen-bond donors (Lipinski definition) is 1. The van der Waals surface area contributed by atoms with E-state index < -0.39 is 0 Å². The predicted molar refractivity (Wildman–Crippen MR) is 52.5 cm³/mol. The number of rotatable bonds is 1. The fourth-order valence-electron chi connectivity index (χ4n) is 1.52. The molecule has 0 unspecified atom stereocenters. The molecule has 0 aromatic heterocycles. The van der Waals surface area contributed by atoms with Gasteiger partial charge in [0.2, 0.25) is 0 Å². The topological polar surface area (TPSA) is 24.4 Å². The molecule has 2 rings (SSSR count). The number of aryl methyl sites for hydroxylation is 1. The Bertz CT molecular complexity index is 316. The first-order valence-corrected chi connectivity index (χ1v) is 4.24. The van der Waals surface area contributed by atoms with E-state index in [-0.39, 0.29) is 0 Å². The van der Waals surface area contributed by atoms with Crippen molar-refractivity contribution in [1.82, 2.24) is 0 Å². The molecule has 0 aliphatic carbocycles. The van der Waals surface area contributed by atoms with Crippen LogP contribution in [-0.2, 0) is 6.42 Å². The number of aliphatic imine (C=N–C) groups is 1. The number of nitrogens with zero attached hydrogens (tertiary/aromatic N) is 1. The molecule has 0 saturated carbocycles. The molecular formula is C10H12N2. The number of anilines is 1. The molecule has 1 aliphatic rings. The van der Waals surface area contributed by atoms with Crippen LogP contribution >= 0.6 is 0 Å². The Kier molecular flexibility index (Phi) is 1.82. The van der Waals surface area contributed by atoms with Gasteiger partial charge in [-0.15, -0.1) is 0 Å². The van der Waals surface area contributed by atoms with Gasteiger partial charge in [-0.1, -0.05) is 12.1 Å². The van der Waals surface area contributed by atoms with E-state index in [2.05, 4.69) is 28.5 Å². The van der Waals surface area contributed by atoms with E-state index in [0.29, 0.717) is 0 Å². The lowest BCUT2D eigenvalue weighted by atomic mass is 10.0. The summed E-state index contributed by atoms with van der Waals surface area (Å²) in [4.78, 5) is 4.38. The molecule has 1 N–H and O–H groups in total. The Labute approximate surface area is 72.3 Å². The minimum atomic E-state index is 1.07. The van der Waals surface area contributed by atoms with E-state index >= 15 is 0 Å². The molecule has 12 heavy (non-hydrogen) atoms. The zero-order valence-electron chi connectivity index (χ0n) is 7.17. The van der Waals surface area contributed by atoms with Gasteiger partial charge < -0.3 is 5.32 Å². The Balaban J connectivity index is 2.54. The summed E-state index contributed by atoms with van der Waals surface area (Å²) in [5, 5.41) is 3.14. The number of hydrogen-bond acceptors (Lipinski definition) is 2. The maximum Gasteiger partial charge on any atom is 0.0888 e. The molecule has 0 bridgehead atoms. The molecule has 0 saturated heterocycles. The Hall–Kier alpha value is -1.31. The quantitative estimate of drug-likeness (QED) is 0.670. The van der Waals surface area contributed by atoms with Crippen molar-refractivity contribution in [3.63, 3.8) is 0 Å². The highest BCUT2D eigenvalue weighted by Gasteiger charge is 2.07. The van der Waals surface area contributed by atoms with E-state index in [9.17, 15) is 0 Å². The summed E-state index contributed by atoms with van der Waals surface area (Å²) in [6.07, 6.45) is 4.18. The molecule has 0 amide bonds. The maximum absolute atomic E-state index is 4.38. The van der Waals surface area contributed by atoms with Crippen molar-refractivity contribution in [2.24, 2.45) is 4.99 Å². The van der Waals surface area contributed by atoms with Gasteiger partial charge in [0, 0.05) is 13.3 Å². The van der Waals surface area contributed by atoms with Crippen molar-refractivity contribution in [3.8, 4) is 0 Å². The molecule has 62 valence electrons. The van der Waals surface area contributed by atoms with E-state index in [1.165, 1.54) is 5.56 Å². The second-order valence-corrected chi connectivity index (χ2v) is 2.91. The number of fused-ring (bicyclic) bond motifs is 1. The Morgan fingerprint density at radius 1 is 1.42 bits per heavy atom. The van der Waals surface area contributed by atoms with Gasteiger partial charge in [-0.3, -0.25) is 4.99 Å². The van der Waals surface area contributed by atoms with Gasteiger partial charge in [0.05, 0.1) is 11.4 Å². The molecular weight excluding hydrogens is 148 g/mol. The van der Waals surface area contributed by atoms with Crippen molar-refractivity contribution < 1.29 is 0 Å². The van der Waals surface area contributed by atoms with Crippen LogP contribution in [0.25, 0.3) is 0 Å². The first-order valence-electron chi connectivity index (χ1n) is 4.24. The van der Waals surface area contributed by atoms with Crippen molar-refractivity contribution in [2.45, 2.75) is 12.8 Å². The van der Waals surface area contributed by atoms with E-state index in [0.717, 1.165) is 24.2 Å². The zero-order valence-corrected chi connectivity index (χ0v) is 7.17. The summed E-state index contributed by atoms with van der Waals surface area (Å²) in [5.74, 6) is 0. The lowest BCUT2D eigenvalue weighted by Crippen LogP contribution is -1.97. The van der Waals surface area contributed by atoms with Crippen LogP contribution < -0.4 is 5.32 Å². The van der Waals surface area contributed by atoms with E-state index in [4.69, 9.17) is 0 Å². The maximum atomic E-state index is 4.38. The number of benzene rings is 1. The summed E-state index contributed by atoms with van der Waals surface area (Å²) < 4.78 is 0. The fraction of sp³-hybridized carbons (Fsp3) is 0.300. The van der Waals surface area contributed by atoms with E-state index in [1.807, 2.05) is 13.3 Å².